The molecule has 1 unspecified atom stereocenters. The van der Waals surface area contributed by atoms with E-state index >= 15 is 0 Å². The first-order valence-electron chi connectivity index (χ1n) is 17.4. The maximum atomic E-state index is 13.8. The van der Waals surface area contributed by atoms with E-state index in [2.05, 4.69) is 16.0 Å². The molecular weight excluding hydrogens is 711 g/mol. The van der Waals surface area contributed by atoms with Crippen LogP contribution in [0, 0.1) is 0 Å². The second-order valence-electron chi connectivity index (χ2n) is 12.2. The Bertz CT molecular complexity index is 2230. The lowest BCUT2D eigenvalue weighted by molar-refractivity contribution is -0.116. The van der Waals surface area contributed by atoms with Gasteiger partial charge in [-0.1, -0.05) is 91.0 Å². The Hall–Kier alpha value is -6.78. The van der Waals surface area contributed by atoms with Gasteiger partial charge in [0.1, 0.15) is 34.8 Å². The van der Waals surface area contributed by atoms with Crippen LogP contribution in [0.3, 0.4) is 0 Å². The molecule has 10 heteroatoms. The fraction of sp³-hybridized carbons (Fsp3) is 0.0889. The molecule has 6 aromatic carbocycles. The van der Waals surface area contributed by atoms with Crippen LogP contribution in [0.4, 0.5) is 11.4 Å². The minimum absolute atomic E-state index is 0.0547. The molecule has 0 fully saturated rings. The number of benzene rings is 6. The van der Waals surface area contributed by atoms with E-state index in [1.54, 1.807) is 67.8 Å². The van der Waals surface area contributed by atoms with Gasteiger partial charge in [0, 0.05) is 22.2 Å². The first-order valence-corrected chi connectivity index (χ1v) is 18.3. The summed E-state index contributed by atoms with van der Waals surface area (Å²) in [6.07, 6.45) is 1.61. The van der Waals surface area contributed by atoms with E-state index < -0.39 is 17.1 Å². The summed E-state index contributed by atoms with van der Waals surface area (Å²) in [4.78, 5) is 41.5. The molecule has 0 saturated heterocycles. The van der Waals surface area contributed by atoms with Crippen molar-refractivity contribution in [1.82, 2.24) is 5.32 Å². The predicted molar refractivity (Wildman–Crippen MR) is 217 cm³/mol. The van der Waals surface area contributed by atoms with Gasteiger partial charge in [0.2, 0.25) is 5.91 Å². The maximum absolute atomic E-state index is 13.8. The summed E-state index contributed by atoms with van der Waals surface area (Å²) in [6.45, 7) is 0.423. The van der Waals surface area contributed by atoms with E-state index in [-0.39, 0.29) is 11.6 Å². The third-order valence-electron chi connectivity index (χ3n) is 8.34. The summed E-state index contributed by atoms with van der Waals surface area (Å²) in [5.41, 5.74) is 4.00. The topological polar surface area (TPSA) is 115 Å². The number of carbonyl (C=O) groups is 3. The zero-order chi connectivity index (χ0) is 38.4. The highest BCUT2D eigenvalue weighted by atomic mass is 32.2. The number of nitrogens with one attached hydrogen (secondary N) is 3. The lowest BCUT2D eigenvalue weighted by atomic mass is 10.1. The molecule has 0 saturated carbocycles. The number of hydrogen-bond acceptors (Lipinski definition) is 7. The van der Waals surface area contributed by atoms with Gasteiger partial charge in [0.05, 0.1) is 19.9 Å². The van der Waals surface area contributed by atoms with E-state index in [4.69, 9.17) is 14.2 Å². The normalized spacial score (nSPS) is 11.5. The van der Waals surface area contributed by atoms with Gasteiger partial charge in [-0.15, -0.1) is 11.8 Å². The summed E-state index contributed by atoms with van der Waals surface area (Å²) in [7, 11) is 3.10. The molecule has 6 aromatic rings. The van der Waals surface area contributed by atoms with Gasteiger partial charge in [-0.2, -0.15) is 0 Å². The van der Waals surface area contributed by atoms with Crippen molar-refractivity contribution in [2.45, 2.75) is 16.8 Å². The number of ether oxygens (including phenoxy) is 3. The van der Waals surface area contributed by atoms with E-state index in [0.717, 1.165) is 16.0 Å². The molecule has 6 rings (SSSR count). The van der Waals surface area contributed by atoms with Gasteiger partial charge in [0.25, 0.3) is 11.8 Å². The molecule has 1 atom stereocenters. The van der Waals surface area contributed by atoms with Crippen LogP contribution in [-0.4, -0.2) is 31.9 Å². The molecule has 55 heavy (non-hydrogen) atoms. The van der Waals surface area contributed by atoms with Crippen LogP contribution in [0.5, 0.6) is 17.2 Å². The van der Waals surface area contributed by atoms with Crippen LogP contribution >= 0.6 is 11.8 Å². The Morgan fingerprint density at radius 2 is 1.31 bits per heavy atom. The summed E-state index contributed by atoms with van der Waals surface area (Å²) in [5, 5.41) is 8.06. The average molecular weight is 750 g/mol. The quantitative estimate of drug-likeness (QED) is 0.0709. The third kappa shape index (κ3) is 10.6. The highest BCUT2D eigenvalue weighted by Gasteiger charge is 2.24. The summed E-state index contributed by atoms with van der Waals surface area (Å²) < 4.78 is 16.7. The first kappa shape index (κ1) is 38.0. The van der Waals surface area contributed by atoms with Gasteiger partial charge in [-0.25, -0.2) is 0 Å². The molecule has 0 spiro atoms. The second kappa shape index (κ2) is 18.8. The molecule has 0 aliphatic heterocycles. The van der Waals surface area contributed by atoms with Crippen molar-refractivity contribution >= 4 is 46.9 Å². The Kier molecular flexibility index (Phi) is 13.0. The van der Waals surface area contributed by atoms with Crippen LogP contribution in [0.15, 0.2) is 168 Å². The largest absolute Gasteiger partial charge is 0.497 e. The summed E-state index contributed by atoms with van der Waals surface area (Å²) >= 11 is 1.36. The van der Waals surface area contributed by atoms with Gasteiger partial charge >= 0.3 is 0 Å². The van der Waals surface area contributed by atoms with E-state index in [1.165, 1.54) is 18.9 Å². The van der Waals surface area contributed by atoms with Gasteiger partial charge in [0.15, 0.2) is 0 Å². The smallest absolute Gasteiger partial charge is 0.272 e. The number of thioether (sulfide) groups is 1. The highest BCUT2D eigenvalue weighted by Crippen LogP contribution is 2.38. The predicted octanol–water partition coefficient (Wildman–Crippen LogP) is 9.16. The molecule has 0 aromatic heterocycles. The minimum atomic E-state index is -0.615. The summed E-state index contributed by atoms with van der Waals surface area (Å²) in [5.74, 6) is 0.572. The molecule has 0 aliphatic carbocycles. The number of carbonyl (C=O) groups excluding carboxylic acids is 3. The third-order valence-corrected chi connectivity index (χ3v) is 9.61. The zero-order valence-corrected chi connectivity index (χ0v) is 31.0. The lowest BCUT2D eigenvalue weighted by Gasteiger charge is -2.19. The van der Waals surface area contributed by atoms with Gasteiger partial charge in [-0.05, 0) is 83.4 Å². The Labute approximate surface area is 324 Å². The molecule has 0 radical (unpaired) electrons. The molecule has 9 nitrogen and oxygen atoms in total. The Morgan fingerprint density at radius 1 is 0.673 bits per heavy atom. The number of hydrogen-bond donors (Lipinski definition) is 3. The van der Waals surface area contributed by atoms with Crippen molar-refractivity contribution in [2.24, 2.45) is 0 Å². The Morgan fingerprint density at radius 3 is 1.96 bits per heavy atom. The van der Waals surface area contributed by atoms with Crippen LogP contribution in [-0.2, 0) is 16.2 Å². The van der Waals surface area contributed by atoms with Gasteiger partial charge < -0.3 is 30.2 Å². The number of anilines is 2. The molecular formula is C45H39N3O6S. The van der Waals surface area contributed by atoms with Crippen molar-refractivity contribution in [3.05, 3.63) is 186 Å². The van der Waals surface area contributed by atoms with Crippen LogP contribution < -0.4 is 30.2 Å². The second-order valence-corrected chi connectivity index (χ2v) is 13.3. The van der Waals surface area contributed by atoms with E-state index in [1.807, 2.05) is 103 Å². The SMILES string of the molecule is COc1ccc(OC)c(NC(=O)C(Sc2ccc(NC(=O)/C(=C/c3ccc(OCc4ccccc4)cc3)NC(=O)c3ccccc3)cc2)c2ccccc2)c1. The number of rotatable bonds is 15. The van der Waals surface area contributed by atoms with Crippen molar-refractivity contribution in [3.8, 4) is 17.2 Å². The van der Waals surface area contributed by atoms with Crippen LogP contribution in [0.25, 0.3) is 6.08 Å². The highest BCUT2D eigenvalue weighted by molar-refractivity contribution is 8.00. The Balaban J connectivity index is 1.17. The number of methoxy groups -OCH3 is 2. The average Bonchev–Trinajstić information content (AvgIpc) is 3.23. The van der Waals surface area contributed by atoms with E-state index in [0.29, 0.717) is 46.4 Å². The summed E-state index contributed by atoms with van der Waals surface area (Å²) in [6, 6.07) is 47.6. The lowest BCUT2D eigenvalue weighted by Crippen LogP contribution is -2.30. The molecule has 276 valence electrons. The monoisotopic (exact) mass is 749 g/mol. The standard InChI is InChI=1S/C45H39N3O6S/c1-52-37-24-27-41(53-2)39(29-37)47-45(51)42(33-14-8-4-9-15-33)55-38-25-20-35(21-26-38)46-44(50)40(48-43(49)34-16-10-5-11-17-34)28-31-18-22-36(23-19-31)54-30-32-12-6-3-7-13-32/h3-29,42H,30H2,1-2H3,(H,46,50)(H,47,51)(H,48,49)/b40-28-. The van der Waals surface area contributed by atoms with E-state index in [9.17, 15) is 14.4 Å². The zero-order valence-electron chi connectivity index (χ0n) is 30.2. The fourth-order valence-electron chi connectivity index (χ4n) is 5.47. The first-order chi connectivity index (χ1) is 26.9. The molecule has 0 heterocycles. The van der Waals surface area contributed by atoms with Gasteiger partial charge in [-0.3, -0.25) is 14.4 Å². The van der Waals surface area contributed by atoms with Crippen molar-refractivity contribution in [1.29, 1.82) is 0 Å². The van der Waals surface area contributed by atoms with Crippen molar-refractivity contribution < 1.29 is 28.6 Å². The molecule has 3 N–H and O–H groups in total. The van der Waals surface area contributed by atoms with Crippen molar-refractivity contribution in [3.63, 3.8) is 0 Å². The number of amides is 3. The maximum Gasteiger partial charge on any atom is 0.272 e. The van der Waals surface area contributed by atoms with Crippen molar-refractivity contribution in [2.75, 3.05) is 24.9 Å². The molecule has 0 aliphatic rings. The molecule has 3 amide bonds. The van der Waals surface area contributed by atoms with Crippen LogP contribution in [0.2, 0.25) is 0 Å². The fourth-order valence-corrected chi connectivity index (χ4v) is 6.50. The van der Waals surface area contributed by atoms with Crippen LogP contribution in [0.1, 0.15) is 32.3 Å². The molecule has 0 bridgehead atoms. The minimum Gasteiger partial charge on any atom is -0.497 e.